The lowest BCUT2D eigenvalue weighted by Gasteiger charge is -2.09. The third-order valence-corrected chi connectivity index (χ3v) is 5.07. The molecule has 0 fully saturated rings. The van der Waals surface area contributed by atoms with E-state index in [1.54, 1.807) is 43.5 Å². The fourth-order valence-electron chi connectivity index (χ4n) is 2.13. The molecule has 0 aliphatic carbocycles. The number of methoxy groups -OCH3 is 1. The normalized spacial score (nSPS) is 11.1. The molecule has 0 atom stereocenters. The van der Waals surface area contributed by atoms with E-state index < -0.39 is 10.0 Å². The Morgan fingerprint density at radius 2 is 1.68 bits per heavy atom. The van der Waals surface area contributed by atoms with Crippen molar-refractivity contribution in [1.29, 1.82) is 0 Å². The number of hydrogen-bond acceptors (Lipinski definition) is 4. The van der Waals surface area contributed by atoms with Crippen molar-refractivity contribution in [3.8, 4) is 5.75 Å². The van der Waals surface area contributed by atoms with Gasteiger partial charge in [-0.2, -0.15) is 0 Å². The third-order valence-electron chi connectivity index (χ3n) is 3.60. The summed E-state index contributed by atoms with van der Waals surface area (Å²) in [7, 11) is -1.96. The van der Waals surface area contributed by atoms with Crippen molar-refractivity contribution < 1.29 is 17.9 Å². The molecule has 2 aromatic rings. The van der Waals surface area contributed by atoms with Gasteiger partial charge in [-0.25, -0.2) is 13.1 Å². The Morgan fingerprint density at radius 1 is 1.04 bits per heavy atom. The Hall–Kier alpha value is -2.38. The van der Waals surface area contributed by atoms with Gasteiger partial charge < -0.3 is 10.1 Å². The van der Waals surface area contributed by atoms with Crippen molar-refractivity contribution in [2.45, 2.75) is 24.7 Å². The van der Waals surface area contributed by atoms with Gasteiger partial charge in [0.2, 0.25) is 10.0 Å². The highest BCUT2D eigenvalue weighted by molar-refractivity contribution is 7.89. The molecule has 0 heterocycles. The number of anilines is 1. The summed E-state index contributed by atoms with van der Waals surface area (Å²) >= 11 is 0. The van der Waals surface area contributed by atoms with Crippen molar-refractivity contribution >= 4 is 21.6 Å². The summed E-state index contributed by atoms with van der Waals surface area (Å²) in [5.74, 6) is 0.390. The van der Waals surface area contributed by atoms with Gasteiger partial charge in [0, 0.05) is 17.8 Å². The number of ether oxygens (including phenoxy) is 1. The van der Waals surface area contributed by atoms with Gasteiger partial charge in [0.05, 0.1) is 12.0 Å². The first-order chi connectivity index (χ1) is 12.0. The maximum atomic E-state index is 12.2. The van der Waals surface area contributed by atoms with Crippen LogP contribution in [-0.4, -0.2) is 28.0 Å². The fraction of sp³-hybridized carbons (Fsp3) is 0.278. The Balaban J connectivity index is 2.03. The van der Waals surface area contributed by atoms with E-state index in [0.29, 0.717) is 23.5 Å². The average Bonchev–Trinajstić information content (AvgIpc) is 2.62. The maximum absolute atomic E-state index is 12.2. The maximum Gasteiger partial charge on any atom is 0.255 e. The second-order valence-corrected chi connectivity index (χ2v) is 7.23. The first-order valence-electron chi connectivity index (χ1n) is 8.01. The monoisotopic (exact) mass is 362 g/mol. The quantitative estimate of drug-likeness (QED) is 0.707. The second-order valence-electron chi connectivity index (χ2n) is 5.46. The zero-order chi connectivity index (χ0) is 18.3. The number of benzene rings is 2. The summed E-state index contributed by atoms with van der Waals surface area (Å²) in [5.41, 5.74) is 1.01. The van der Waals surface area contributed by atoms with Crippen molar-refractivity contribution in [2.24, 2.45) is 0 Å². The van der Waals surface area contributed by atoms with Gasteiger partial charge in [-0.15, -0.1) is 0 Å². The van der Waals surface area contributed by atoms with E-state index in [-0.39, 0.29) is 10.8 Å². The highest BCUT2D eigenvalue weighted by atomic mass is 32.2. The molecule has 0 spiro atoms. The number of nitrogens with one attached hydrogen (secondary N) is 2. The largest absolute Gasteiger partial charge is 0.497 e. The van der Waals surface area contributed by atoms with Crippen LogP contribution in [0.25, 0.3) is 0 Å². The third kappa shape index (κ3) is 5.30. The first-order valence-corrected chi connectivity index (χ1v) is 9.49. The molecule has 2 N–H and O–H groups in total. The Labute approximate surface area is 148 Å². The van der Waals surface area contributed by atoms with E-state index in [9.17, 15) is 13.2 Å². The highest BCUT2D eigenvalue weighted by Crippen LogP contribution is 2.16. The van der Waals surface area contributed by atoms with E-state index >= 15 is 0 Å². The zero-order valence-electron chi connectivity index (χ0n) is 14.3. The van der Waals surface area contributed by atoms with Crippen LogP contribution >= 0.6 is 0 Å². The van der Waals surface area contributed by atoms with Crippen LogP contribution in [-0.2, 0) is 10.0 Å². The molecule has 0 aromatic heterocycles. The van der Waals surface area contributed by atoms with Gasteiger partial charge in [0.15, 0.2) is 0 Å². The Kier molecular flexibility index (Phi) is 6.55. The fourth-order valence-corrected chi connectivity index (χ4v) is 3.20. The van der Waals surface area contributed by atoms with Crippen LogP contribution in [0, 0.1) is 0 Å². The Bertz CT molecular complexity index is 800. The average molecular weight is 362 g/mol. The van der Waals surface area contributed by atoms with Gasteiger partial charge in [-0.1, -0.05) is 13.3 Å². The first kappa shape index (κ1) is 19.0. The summed E-state index contributed by atoms with van der Waals surface area (Å²) in [6, 6.07) is 12.8. The lowest BCUT2D eigenvalue weighted by atomic mass is 10.2. The van der Waals surface area contributed by atoms with E-state index in [1.807, 2.05) is 6.92 Å². The van der Waals surface area contributed by atoms with Crippen molar-refractivity contribution in [3.63, 3.8) is 0 Å². The molecule has 0 aliphatic rings. The van der Waals surface area contributed by atoms with Gasteiger partial charge in [-0.05, 0) is 55.0 Å². The number of amides is 1. The number of carbonyl (C=O) groups is 1. The summed E-state index contributed by atoms with van der Waals surface area (Å²) < 4.78 is 31.8. The number of carbonyl (C=O) groups excluding carboxylic acids is 1. The van der Waals surface area contributed by atoms with Crippen molar-refractivity contribution in [1.82, 2.24) is 4.72 Å². The van der Waals surface area contributed by atoms with Gasteiger partial charge in [0.1, 0.15) is 5.75 Å². The second kappa shape index (κ2) is 8.64. The molecule has 2 rings (SSSR count). The summed E-state index contributed by atoms with van der Waals surface area (Å²) in [6.07, 6.45) is 1.70. The topological polar surface area (TPSA) is 84.5 Å². The molecule has 0 bridgehead atoms. The summed E-state index contributed by atoms with van der Waals surface area (Å²) in [6.45, 7) is 2.41. The van der Waals surface area contributed by atoms with Gasteiger partial charge in [-0.3, -0.25) is 4.79 Å². The molecule has 0 aliphatic heterocycles. The van der Waals surface area contributed by atoms with Crippen LogP contribution in [0.5, 0.6) is 5.75 Å². The molecule has 0 radical (unpaired) electrons. The molecule has 6 nitrogen and oxygen atoms in total. The molecule has 0 saturated heterocycles. The van der Waals surface area contributed by atoms with Crippen molar-refractivity contribution in [2.75, 3.05) is 19.0 Å². The SMILES string of the molecule is CCCCNS(=O)(=O)c1ccc(NC(=O)c2ccc(OC)cc2)cc1. The summed E-state index contributed by atoms with van der Waals surface area (Å²) in [5, 5.41) is 2.73. The van der Waals surface area contributed by atoms with E-state index in [2.05, 4.69) is 10.0 Å². The van der Waals surface area contributed by atoms with Crippen LogP contribution in [0.2, 0.25) is 0 Å². The standard InChI is InChI=1S/C18H22N2O4S/c1-3-4-13-19-25(22,23)17-11-7-15(8-12-17)20-18(21)14-5-9-16(24-2)10-6-14/h5-12,19H,3-4,13H2,1-2H3,(H,20,21). The molecular weight excluding hydrogens is 340 g/mol. The molecule has 0 unspecified atom stereocenters. The van der Waals surface area contributed by atoms with Crippen LogP contribution in [0.1, 0.15) is 30.1 Å². The Morgan fingerprint density at radius 3 is 2.24 bits per heavy atom. The molecule has 2 aromatic carbocycles. The minimum absolute atomic E-state index is 0.172. The lowest BCUT2D eigenvalue weighted by Crippen LogP contribution is -2.24. The lowest BCUT2D eigenvalue weighted by molar-refractivity contribution is 0.102. The van der Waals surface area contributed by atoms with Crippen LogP contribution < -0.4 is 14.8 Å². The number of rotatable bonds is 8. The van der Waals surface area contributed by atoms with E-state index in [0.717, 1.165) is 12.8 Å². The van der Waals surface area contributed by atoms with Gasteiger partial charge in [0.25, 0.3) is 5.91 Å². The van der Waals surface area contributed by atoms with E-state index in [4.69, 9.17) is 4.74 Å². The molecule has 25 heavy (non-hydrogen) atoms. The highest BCUT2D eigenvalue weighted by Gasteiger charge is 2.13. The van der Waals surface area contributed by atoms with Crippen LogP contribution in [0.15, 0.2) is 53.4 Å². The number of hydrogen-bond donors (Lipinski definition) is 2. The summed E-state index contributed by atoms with van der Waals surface area (Å²) in [4.78, 5) is 12.4. The van der Waals surface area contributed by atoms with Gasteiger partial charge >= 0.3 is 0 Å². The van der Waals surface area contributed by atoms with Crippen LogP contribution in [0.3, 0.4) is 0 Å². The van der Waals surface area contributed by atoms with Crippen molar-refractivity contribution in [3.05, 3.63) is 54.1 Å². The zero-order valence-corrected chi connectivity index (χ0v) is 15.1. The predicted octanol–water partition coefficient (Wildman–Crippen LogP) is 3.03. The predicted molar refractivity (Wildman–Crippen MR) is 97.5 cm³/mol. The number of sulfonamides is 1. The molecule has 7 heteroatoms. The molecule has 0 saturated carbocycles. The minimum atomic E-state index is -3.51. The molecule has 134 valence electrons. The number of unbranched alkanes of at least 4 members (excludes halogenated alkanes) is 1. The molecule has 1 amide bonds. The van der Waals surface area contributed by atoms with Crippen LogP contribution in [0.4, 0.5) is 5.69 Å². The van der Waals surface area contributed by atoms with E-state index in [1.165, 1.54) is 12.1 Å². The molecular formula is C18H22N2O4S. The minimum Gasteiger partial charge on any atom is -0.497 e. The smallest absolute Gasteiger partial charge is 0.255 e.